The average molecular weight is 342 g/mol. The Balaban J connectivity index is 1.80. The molecule has 25 heavy (non-hydrogen) atoms. The quantitative estimate of drug-likeness (QED) is 0.889. The molecule has 3 rings (SSSR count). The Morgan fingerprint density at radius 3 is 2.72 bits per heavy atom. The summed E-state index contributed by atoms with van der Waals surface area (Å²) in [5.41, 5.74) is 0.483. The number of hydrogen-bond acceptors (Lipinski definition) is 4. The highest BCUT2D eigenvalue weighted by Crippen LogP contribution is 2.25. The maximum atomic E-state index is 12.9. The molecule has 1 N–H and O–H groups in total. The van der Waals surface area contributed by atoms with E-state index in [-0.39, 0.29) is 17.9 Å². The summed E-state index contributed by atoms with van der Waals surface area (Å²) in [5, 5.41) is 6.78. The Morgan fingerprint density at radius 2 is 2.04 bits per heavy atom. The topological polar surface area (TPSA) is 76.5 Å². The number of nitrogens with zero attached hydrogens (tertiary/aromatic N) is 3. The first-order chi connectivity index (χ1) is 12.1. The summed E-state index contributed by atoms with van der Waals surface area (Å²) in [6.07, 6.45) is 1.83. The normalized spacial score (nSPS) is 19.7. The highest BCUT2D eigenvalue weighted by atomic mass is 16.5. The molecule has 132 valence electrons. The largest absolute Gasteiger partial charge is 0.488 e. The number of nitrogens with one attached hydrogen (secondary N) is 1. The van der Waals surface area contributed by atoms with Gasteiger partial charge < -0.3 is 15.0 Å². The molecular weight excluding hydrogens is 320 g/mol. The lowest BCUT2D eigenvalue weighted by Gasteiger charge is -2.23. The number of aryl methyl sites for hydroxylation is 1. The number of carbonyl (C=O) groups excluding carboxylic acids is 2. The Morgan fingerprint density at radius 1 is 1.28 bits per heavy atom. The van der Waals surface area contributed by atoms with E-state index in [0.717, 1.165) is 5.75 Å². The van der Waals surface area contributed by atoms with Gasteiger partial charge in [0.05, 0.1) is 6.54 Å². The first-order valence-corrected chi connectivity index (χ1v) is 8.40. The summed E-state index contributed by atoms with van der Waals surface area (Å²) >= 11 is 0. The van der Waals surface area contributed by atoms with Crippen molar-refractivity contribution in [2.45, 2.75) is 32.0 Å². The van der Waals surface area contributed by atoms with Crippen LogP contribution < -0.4 is 10.1 Å². The number of para-hydroxylation sites is 1. The molecule has 2 atom stereocenters. The Labute approximate surface area is 146 Å². The summed E-state index contributed by atoms with van der Waals surface area (Å²) in [6.45, 7) is 2.88. The molecule has 0 aliphatic carbocycles. The van der Waals surface area contributed by atoms with Crippen molar-refractivity contribution in [1.29, 1.82) is 0 Å². The second-order valence-electron chi connectivity index (χ2n) is 5.91. The molecule has 1 aliphatic rings. The summed E-state index contributed by atoms with van der Waals surface area (Å²) < 4.78 is 7.59. The third kappa shape index (κ3) is 3.50. The van der Waals surface area contributed by atoms with Crippen LogP contribution in [0.25, 0.3) is 0 Å². The number of aromatic nitrogens is 2. The SMILES string of the molecule is CCn1nccc1C(=O)N1C[C@@H](Oc2ccccc2)C[C@@H]1C(=O)NC. The van der Waals surface area contributed by atoms with Gasteiger partial charge in [0.15, 0.2) is 0 Å². The molecule has 1 saturated heterocycles. The van der Waals surface area contributed by atoms with Gasteiger partial charge in [-0.15, -0.1) is 0 Å². The number of benzene rings is 1. The minimum absolute atomic E-state index is 0.185. The summed E-state index contributed by atoms with van der Waals surface area (Å²) in [4.78, 5) is 26.8. The molecule has 1 aromatic heterocycles. The monoisotopic (exact) mass is 342 g/mol. The predicted octanol–water partition coefficient (Wildman–Crippen LogP) is 1.31. The molecule has 2 amide bonds. The number of ether oxygens (including phenoxy) is 1. The van der Waals surface area contributed by atoms with Crippen LogP contribution in [0.2, 0.25) is 0 Å². The molecule has 2 aromatic rings. The van der Waals surface area contributed by atoms with E-state index in [1.807, 2.05) is 37.3 Å². The third-order valence-corrected chi connectivity index (χ3v) is 4.35. The van der Waals surface area contributed by atoms with Gasteiger partial charge in [0.25, 0.3) is 5.91 Å². The van der Waals surface area contributed by atoms with Crippen molar-refractivity contribution in [3.05, 3.63) is 48.3 Å². The van der Waals surface area contributed by atoms with Crippen molar-refractivity contribution in [1.82, 2.24) is 20.0 Å². The predicted molar refractivity (Wildman–Crippen MR) is 92.3 cm³/mol. The van der Waals surface area contributed by atoms with Gasteiger partial charge in [-0.05, 0) is 25.1 Å². The fourth-order valence-corrected chi connectivity index (χ4v) is 3.13. The van der Waals surface area contributed by atoms with Crippen LogP contribution in [-0.2, 0) is 11.3 Å². The second kappa shape index (κ2) is 7.38. The van der Waals surface area contributed by atoms with E-state index in [2.05, 4.69) is 10.4 Å². The molecular formula is C18H22N4O3. The van der Waals surface area contributed by atoms with Crippen LogP contribution in [0.1, 0.15) is 23.8 Å². The highest BCUT2D eigenvalue weighted by Gasteiger charge is 2.41. The fraction of sp³-hybridized carbons (Fsp3) is 0.389. The van der Waals surface area contributed by atoms with Gasteiger partial charge in [-0.2, -0.15) is 5.10 Å². The molecule has 1 aromatic carbocycles. The molecule has 0 saturated carbocycles. The second-order valence-corrected chi connectivity index (χ2v) is 5.91. The summed E-state index contributed by atoms with van der Waals surface area (Å²) in [7, 11) is 1.58. The number of amides is 2. The van der Waals surface area contributed by atoms with Gasteiger partial charge in [-0.1, -0.05) is 18.2 Å². The van der Waals surface area contributed by atoms with Crippen LogP contribution in [0.3, 0.4) is 0 Å². The smallest absolute Gasteiger partial charge is 0.272 e. The zero-order valence-corrected chi connectivity index (χ0v) is 14.4. The van der Waals surface area contributed by atoms with Crippen LogP contribution in [0.15, 0.2) is 42.6 Å². The Kier molecular flexibility index (Phi) is 5.02. The molecule has 1 fully saturated rings. The standard InChI is InChI=1S/C18H22N4O3/c1-3-22-15(9-10-20-22)18(24)21-12-14(11-16(21)17(23)19-2)25-13-7-5-4-6-8-13/h4-10,14,16H,3,11-12H2,1-2H3,(H,19,23)/t14-,16+/m0/s1. The lowest BCUT2D eigenvalue weighted by molar-refractivity contribution is -0.124. The van der Waals surface area contributed by atoms with Crippen LogP contribution in [0, 0.1) is 0 Å². The Hall–Kier alpha value is -2.83. The molecule has 1 aliphatic heterocycles. The van der Waals surface area contributed by atoms with E-state index in [9.17, 15) is 9.59 Å². The summed E-state index contributed by atoms with van der Waals surface area (Å²) in [6, 6.07) is 10.6. The van der Waals surface area contributed by atoms with Crippen molar-refractivity contribution < 1.29 is 14.3 Å². The fourth-order valence-electron chi connectivity index (χ4n) is 3.13. The minimum atomic E-state index is -0.550. The van der Waals surface area contributed by atoms with Crippen LogP contribution in [-0.4, -0.2) is 52.2 Å². The van der Waals surface area contributed by atoms with Gasteiger partial charge in [0.2, 0.25) is 5.91 Å². The van der Waals surface area contributed by atoms with Gasteiger partial charge in [0.1, 0.15) is 23.6 Å². The molecule has 7 heteroatoms. The molecule has 0 bridgehead atoms. The molecule has 0 unspecified atom stereocenters. The van der Waals surface area contributed by atoms with Gasteiger partial charge in [-0.3, -0.25) is 14.3 Å². The zero-order chi connectivity index (χ0) is 17.8. The van der Waals surface area contributed by atoms with Gasteiger partial charge >= 0.3 is 0 Å². The van der Waals surface area contributed by atoms with Crippen LogP contribution in [0.5, 0.6) is 5.75 Å². The van der Waals surface area contributed by atoms with Gasteiger partial charge in [0, 0.05) is 26.2 Å². The number of likely N-dealkylation sites (tertiary alicyclic amines) is 1. The van der Waals surface area contributed by atoms with Crippen LogP contribution >= 0.6 is 0 Å². The lowest BCUT2D eigenvalue weighted by Crippen LogP contribution is -2.45. The molecule has 0 spiro atoms. The van der Waals surface area contributed by atoms with Gasteiger partial charge in [-0.25, -0.2) is 0 Å². The maximum absolute atomic E-state index is 12.9. The number of likely N-dealkylation sites (N-methyl/N-ethyl adjacent to an activating group) is 1. The van der Waals surface area contributed by atoms with Crippen LogP contribution in [0.4, 0.5) is 0 Å². The van der Waals surface area contributed by atoms with Crippen molar-refractivity contribution in [3.63, 3.8) is 0 Å². The van der Waals surface area contributed by atoms with E-state index in [4.69, 9.17) is 4.74 Å². The molecule has 2 heterocycles. The summed E-state index contributed by atoms with van der Waals surface area (Å²) in [5.74, 6) is 0.346. The van der Waals surface area contributed by atoms with E-state index in [1.165, 1.54) is 0 Å². The van der Waals surface area contributed by atoms with E-state index >= 15 is 0 Å². The first-order valence-electron chi connectivity index (χ1n) is 8.40. The minimum Gasteiger partial charge on any atom is -0.488 e. The van der Waals surface area contributed by atoms with Crippen molar-refractivity contribution in [2.24, 2.45) is 0 Å². The van der Waals surface area contributed by atoms with Crippen molar-refractivity contribution in [2.75, 3.05) is 13.6 Å². The Bertz CT molecular complexity index is 744. The highest BCUT2D eigenvalue weighted by molar-refractivity contribution is 5.96. The first kappa shape index (κ1) is 17.0. The number of rotatable bonds is 5. The molecule has 0 radical (unpaired) electrons. The van der Waals surface area contributed by atoms with E-state index in [0.29, 0.717) is 25.2 Å². The van der Waals surface area contributed by atoms with E-state index < -0.39 is 6.04 Å². The lowest BCUT2D eigenvalue weighted by atomic mass is 10.2. The maximum Gasteiger partial charge on any atom is 0.272 e. The van der Waals surface area contributed by atoms with Crippen molar-refractivity contribution in [3.8, 4) is 5.75 Å². The number of carbonyl (C=O) groups is 2. The molecule has 7 nitrogen and oxygen atoms in total. The van der Waals surface area contributed by atoms with Crippen molar-refractivity contribution >= 4 is 11.8 Å². The third-order valence-electron chi connectivity index (χ3n) is 4.35. The zero-order valence-electron chi connectivity index (χ0n) is 14.4. The number of hydrogen-bond donors (Lipinski definition) is 1. The average Bonchev–Trinajstić information content (AvgIpc) is 3.28. The van der Waals surface area contributed by atoms with E-state index in [1.54, 1.807) is 28.9 Å².